The van der Waals surface area contributed by atoms with Gasteiger partial charge in [0.15, 0.2) is 4.80 Å². The topological polar surface area (TPSA) is 26.5 Å². The molecule has 0 amide bonds. The van der Waals surface area contributed by atoms with Crippen molar-refractivity contribution >= 4 is 28.6 Å². The molecule has 0 aliphatic carbocycles. The van der Waals surface area contributed by atoms with Gasteiger partial charge in [-0.3, -0.25) is 0 Å². The lowest BCUT2D eigenvalue weighted by Crippen LogP contribution is -2.24. The molecule has 1 saturated heterocycles. The van der Waals surface area contributed by atoms with Crippen LogP contribution in [0, 0.1) is 5.82 Å². The fourth-order valence-electron chi connectivity index (χ4n) is 3.12. The Kier molecular flexibility index (Phi) is 5.20. The number of nitrogens with zero attached hydrogens (tertiary/aromatic N) is 2. The molecule has 1 aliphatic heterocycles. The molecule has 1 fully saturated rings. The number of halogens is 2. The molecule has 0 radical (unpaired) electrons. The van der Waals surface area contributed by atoms with E-state index in [1.165, 1.54) is 17.4 Å². The summed E-state index contributed by atoms with van der Waals surface area (Å²) in [5, 5.41) is 2.71. The van der Waals surface area contributed by atoms with Gasteiger partial charge >= 0.3 is 0 Å². The molecule has 1 aromatic heterocycles. The molecule has 1 aliphatic rings. The monoisotopic (exact) mass is 388 g/mol. The van der Waals surface area contributed by atoms with Gasteiger partial charge in [0, 0.05) is 22.6 Å². The van der Waals surface area contributed by atoms with Gasteiger partial charge in [0.2, 0.25) is 0 Å². The molecule has 134 valence electrons. The van der Waals surface area contributed by atoms with E-state index in [0.29, 0.717) is 17.3 Å². The summed E-state index contributed by atoms with van der Waals surface area (Å²) in [7, 11) is 0. The second kappa shape index (κ2) is 7.74. The Morgan fingerprint density at radius 1 is 1.19 bits per heavy atom. The van der Waals surface area contributed by atoms with Gasteiger partial charge in [0.05, 0.1) is 18.3 Å². The van der Waals surface area contributed by atoms with E-state index >= 15 is 0 Å². The predicted octanol–water partition coefficient (Wildman–Crippen LogP) is 5.42. The summed E-state index contributed by atoms with van der Waals surface area (Å²) < 4.78 is 22.0. The van der Waals surface area contributed by atoms with Gasteiger partial charge in [-0.1, -0.05) is 41.9 Å². The molecule has 2 heterocycles. The molecule has 1 unspecified atom stereocenters. The molecular weight excluding hydrogens is 371 g/mol. The number of hydrogen-bond acceptors (Lipinski definition) is 3. The van der Waals surface area contributed by atoms with Crippen LogP contribution in [-0.2, 0) is 11.3 Å². The predicted molar refractivity (Wildman–Crippen MR) is 103 cm³/mol. The van der Waals surface area contributed by atoms with Crippen molar-refractivity contribution in [3.63, 3.8) is 0 Å². The molecule has 6 heteroatoms. The lowest BCUT2D eigenvalue weighted by atomic mass is 10.1. The van der Waals surface area contributed by atoms with Gasteiger partial charge in [0.25, 0.3) is 0 Å². The van der Waals surface area contributed by atoms with Crippen LogP contribution in [0.15, 0.2) is 58.9 Å². The van der Waals surface area contributed by atoms with E-state index in [1.807, 2.05) is 29.6 Å². The van der Waals surface area contributed by atoms with Crippen LogP contribution in [0.2, 0.25) is 5.02 Å². The van der Waals surface area contributed by atoms with E-state index in [9.17, 15) is 4.39 Å². The summed E-state index contributed by atoms with van der Waals surface area (Å²) in [5.74, 6) is -0.330. The van der Waals surface area contributed by atoms with Crippen molar-refractivity contribution in [2.24, 2.45) is 4.99 Å². The van der Waals surface area contributed by atoms with Gasteiger partial charge < -0.3 is 9.30 Å². The first kappa shape index (κ1) is 17.5. The minimum absolute atomic E-state index is 0.144. The van der Waals surface area contributed by atoms with Crippen LogP contribution in [-0.4, -0.2) is 17.3 Å². The Bertz CT molecular complexity index is 976. The number of rotatable bonds is 4. The lowest BCUT2D eigenvalue weighted by Gasteiger charge is -2.14. The maximum absolute atomic E-state index is 14.1. The maximum Gasteiger partial charge on any atom is 0.190 e. The van der Waals surface area contributed by atoms with Crippen LogP contribution in [0.3, 0.4) is 0 Å². The normalized spacial score (nSPS) is 17.8. The van der Waals surface area contributed by atoms with Crippen LogP contribution in [0.4, 0.5) is 10.1 Å². The zero-order chi connectivity index (χ0) is 17.9. The average Bonchev–Trinajstić information content (AvgIpc) is 3.29. The van der Waals surface area contributed by atoms with Gasteiger partial charge in [-0.05, 0) is 31.0 Å². The van der Waals surface area contributed by atoms with Crippen molar-refractivity contribution in [3.8, 4) is 11.3 Å². The molecule has 4 rings (SSSR count). The summed E-state index contributed by atoms with van der Waals surface area (Å²) in [4.78, 5) is 5.30. The Labute approximate surface area is 160 Å². The second-order valence-corrected chi connectivity index (χ2v) is 7.44. The summed E-state index contributed by atoms with van der Waals surface area (Å²) in [6, 6.07) is 14.3. The molecule has 0 saturated carbocycles. The standard InChI is InChI=1S/C20H18ClFN2OS/c21-16-8-2-1-7-15(16)19-13-26-20(23-18-10-4-3-9-17(18)22)24(19)12-14-6-5-11-25-14/h1-4,7-10,13-14H,5-6,11-12H2. The second-order valence-electron chi connectivity index (χ2n) is 6.19. The smallest absolute Gasteiger partial charge is 0.190 e. The summed E-state index contributed by atoms with van der Waals surface area (Å²) in [6.07, 6.45) is 2.23. The van der Waals surface area contributed by atoms with Crippen molar-refractivity contribution in [2.75, 3.05) is 6.61 Å². The minimum Gasteiger partial charge on any atom is -0.376 e. The van der Waals surface area contributed by atoms with Crippen LogP contribution >= 0.6 is 22.9 Å². The Hall–Kier alpha value is -1.95. The molecular formula is C20H18ClFN2OS. The first-order valence-electron chi connectivity index (χ1n) is 8.56. The molecule has 0 N–H and O–H groups in total. The number of ether oxygens (including phenoxy) is 1. The van der Waals surface area contributed by atoms with Gasteiger partial charge in [0.1, 0.15) is 11.5 Å². The van der Waals surface area contributed by atoms with Crippen molar-refractivity contribution < 1.29 is 9.13 Å². The number of benzene rings is 2. The largest absolute Gasteiger partial charge is 0.376 e. The highest BCUT2D eigenvalue weighted by molar-refractivity contribution is 7.07. The van der Waals surface area contributed by atoms with Crippen LogP contribution < -0.4 is 4.80 Å². The first-order valence-corrected chi connectivity index (χ1v) is 9.82. The molecule has 0 bridgehead atoms. The van der Waals surface area contributed by atoms with Gasteiger partial charge in [-0.2, -0.15) is 0 Å². The quantitative estimate of drug-likeness (QED) is 0.586. The summed E-state index contributed by atoms with van der Waals surface area (Å²) >= 11 is 7.89. The SMILES string of the molecule is Fc1ccccc1N=c1scc(-c2ccccc2Cl)n1CC1CCCO1. The average molecular weight is 389 g/mol. The van der Waals surface area contributed by atoms with E-state index in [-0.39, 0.29) is 11.9 Å². The lowest BCUT2D eigenvalue weighted by molar-refractivity contribution is 0.0968. The van der Waals surface area contributed by atoms with Crippen molar-refractivity contribution in [1.29, 1.82) is 0 Å². The number of para-hydroxylation sites is 1. The van der Waals surface area contributed by atoms with Crippen LogP contribution in [0.5, 0.6) is 0 Å². The van der Waals surface area contributed by atoms with Crippen molar-refractivity contribution in [1.82, 2.24) is 4.57 Å². The van der Waals surface area contributed by atoms with Crippen LogP contribution in [0.1, 0.15) is 12.8 Å². The zero-order valence-electron chi connectivity index (χ0n) is 14.1. The molecule has 2 aromatic carbocycles. The fraction of sp³-hybridized carbons (Fsp3) is 0.250. The Morgan fingerprint density at radius 3 is 2.77 bits per heavy atom. The molecule has 26 heavy (non-hydrogen) atoms. The first-order chi connectivity index (χ1) is 12.7. The number of thiazole rings is 1. The van der Waals surface area contributed by atoms with Crippen LogP contribution in [0.25, 0.3) is 11.3 Å². The summed E-state index contributed by atoms with van der Waals surface area (Å²) in [6.45, 7) is 1.47. The Balaban J connectivity index is 1.84. The van der Waals surface area contributed by atoms with E-state index < -0.39 is 0 Å². The maximum atomic E-state index is 14.1. The highest BCUT2D eigenvalue weighted by Gasteiger charge is 2.19. The number of aromatic nitrogens is 1. The van der Waals surface area contributed by atoms with Crippen molar-refractivity contribution in [2.45, 2.75) is 25.5 Å². The highest BCUT2D eigenvalue weighted by Crippen LogP contribution is 2.29. The Morgan fingerprint density at radius 2 is 2.00 bits per heavy atom. The van der Waals surface area contributed by atoms with Gasteiger partial charge in [-0.25, -0.2) is 9.38 Å². The zero-order valence-corrected chi connectivity index (χ0v) is 15.6. The highest BCUT2D eigenvalue weighted by atomic mass is 35.5. The van der Waals surface area contributed by atoms with Gasteiger partial charge in [-0.15, -0.1) is 11.3 Å². The number of hydrogen-bond donors (Lipinski definition) is 0. The molecule has 3 nitrogen and oxygen atoms in total. The molecule has 3 aromatic rings. The third-order valence-corrected chi connectivity index (χ3v) is 5.62. The third-order valence-electron chi connectivity index (χ3n) is 4.43. The van der Waals surface area contributed by atoms with E-state index in [4.69, 9.17) is 16.3 Å². The molecule has 0 spiro atoms. The third kappa shape index (κ3) is 3.61. The van der Waals surface area contributed by atoms with E-state index in [1.54, 1.807) is 18.2 Å². The van der Waals surface area contributed by atoms with Crippen molar-refractivity contribution in [3.05, 3.63) is 69.6 Å². The fourth-order valence-corrected chi connectivity index (χ4v) is 4.27. The van der Waals surface area contributed by atoms with E-state index in [2.05, 4.69) is 9.56 Å². The van der Waals surface area contributed by atoms with E-state index in [0.717, 1.165) is 35.5 Å². The molecule has 1 atom stereocenters. The minimum atomic E-state index is -0.330. The summed E-state index contributed by atoms with van der Waals surface area (Å²) in [5.41, 5.74) is 2.26.